The quantitative estimate of drug-likeness (QED) is 0.651. The molecule has 0 aliphatic rings. The molecule has 0 bridgehead atoms. The first-order valence-electron chi connectivity index (χ1n) is 8.82. The van der Waals surface area contributed by atoms with Crippen LogP contribution >= 0.6 is 23.2 Å². The molecule has 1 N–H and O–H groups in total. The Hall–Kier alpha value is -2.57. The molecule has 0 aliphatic carbocycles. The fourth-order valence-electron chi connectivity index (χ4n) is 2.96. The number of nitrogens with one attached hydrogen (secondary N) is 1. The van der Waals surface area contributed by atoms with E-state index in [0.29, 0.717) is 34.0 Å². The van der Waals surface area contributed by atoms with Crippen molar-refractivity contribution < 1.29 is 4.79 Å². The van der Waals surface area contributed by atoms with Gasteiger partial charge in [0.2, 0.25) is 0 Å². The van der Waals surface area contributed by atoms with Crippen LogP contribution in [0.25, 0.3) is 10.9 Å². The van der Waals surface area contributed by atoms with Crippen molar-refractivity contribution in [3.63, 3.8) is 0 Å². The SMILES string of the molecule is CCn1c(C(C)N(C)C(=O)Nc2cccc(Cl)c2Cl)nc2ccccc2c1=O. The van der Waals surface area contributed by atoms with Crippen LogP contribution in [-0.4, -0.2) is 27.5 Å². The van der Waals surface area contributed by atoms with Gasteiger partial charge < -0.3 is 10.2 Å². The maximum atomic E-state index is 12.8. The van der Waals surface area contributed by atoms with Crippen molar-refractivity contribution in [2.45, 2.75) is 26.4 Å². The summed E-state index contributed by atoms with van der Waals surface area (Å²) in [5.41, 5.74) is 0.893. The van der Waals surface area contributed by atoms with Gasteiger partial charge in [-0.1, -0.05) is 41.4 Å². The van der Waals surface area contributed by atoms with E-state index in [1.807, 2.05) is 26.0 Å². The second-order valence-corrected chi connectivity index (χ2v) is 7.14. The zero-order valence-electron chi connectivity index (χ0n) is 15.7. The molecule has 1 unspecified atom stereocenters. The Kier molecular flexibility index (Phi) is 5.91. The first kappa shape index (κ1) is 20.2. The molecule has 8 heteroatoms. The number of halogens is 2. The highest BCUT2D eigenvalue weighted by Crippen LogP contribution is 2.30. The normalized spacial score (nSPS) is 12.0. The van der Waals surface area contributed by atoms with E-state index in [9.17, 15) is 9.59 Å². The van der Waals surface area contributed by atoms with Crippen LogP contribution in [0.15, 0.2) is 47.3 Å². The van der Waals surface area contributed by atoms with Crippen molar-refractivity contribution in [1.29, 1.82) is 0 Å². The van der Waals surface area contributed by atoms with Gasteiger partial charge in [-0.2, -0.15) is 0 Å². The summed E-state index contributed by atoms with van der Waals surface area (Å²) in [6, 6.07) is 11.4. The average molecular weight is 419 g/mol. The number of aromatic nitrogens is 2. The largest absolute Gasteiger partial charge is 0.322 e. The highest BCUT2D eigenvalue weighted by atomic mass is 35.5. The number of benzene rings is 2. The maximum absolute atomic E-state index is 12.8. The second kappa shape index (κ2) is 8.20. The van der Waals surface area contributed by atoms with Crippen LogP contribution in [0, 0.1) is 0 Å². The standard InChI is InChI=1S/C20H20Cl2N4O2/c1-4-26-18(23-15-10-6-5-8-13(15)19(26)27)12(2)25(3)20(28)24-16-11-7-9-14(21)17(16)22/h5-12H,4H2,1-3H3,(H,24,28). The van der Waals surface area contributed by atoms with Gasteiger partial charge in [-0.15, -0.1) is 0 Å². The Morgan fingerprint density at radius 2 is 1.93 bits per heavy atom. The van der Waals surface area contributed by atoms with Crippen LogP contribution in [0.4, 0.5) is 10.5 Å². The highest BCUT2D eigenvalue weighted by Gasteiger charge is 2.23. The summed E-state index contributed by atoms with van der Waals surface area (Å²) >= 11 is 12.2. The molecule has 0 spiro atoms. The summed E-state index contributed by atoms with van der Waals surface area (Å²) < 4.78 is 1.59. The molecule has 1 atom stereocenters. The molecule has 1 aromatic heterocycles. The molecule has 0 radical (unpaired) electrons. The van der Waals surface area contributed by atoms with E-state index in [1.54, 1.807) is 41.9 Å². The number of amides is 2. The number of nitrogens with zero attached hydrogens (tertiary/aromatic N) is 3. The van der Waals surface area contributed by atoms with Gasteiger partial charge in [-0.05, 0) is 38.1 Å². The molecule has 3 rings (SSSR count). The number of carbonyl (C=O) groups is 1. The first-order chi connectivity index (χ1) is 13.3. The Labute approximate surface area is 172 Å². The minimum atomic E-state index is -0.449. The van der Waals surface area contributed by atoms with Crippen LogP contribution in [-0.2, 0) is 6.54 Å². The fourth-order valence-corrected chi connectivity index (χ4v) is 3.31. The molecule has 0 fully saturated rings. The number of urea groups is 1. The third-order valence-corrected chi connectivity index (χ3v) is 5.49. The summed E-state index contributed by atoms with van der Waals surface area (Å²) in [6.07, 6.45) is 0. The molecular weight excluding hydrogens is 399 g/mol. The van der Waals surface area contributed by atoms with Crippen LogP contribution in [0.3, 0.4) is 0 Å². The van der Waals surface area contributed by atoms with Gasteiger partial charge in [0, 0.05) is 13.6 Å². The van der Waals surface area contributed by atoms with E-state index in [4.69, 9.17) is 23.2 Å². The number of para-hydroxylation sites is 1. The van der Waals surface area contributed by atoms with Crippen molar-refractivity contribution in [1.82, 2.24) is 14.5 Å². The van der Waals surface area contributed by atoms with Gasteiger partial charge in [0.25, 0.3) is 5.56 Å². The van der Waals surface area contributed by atoms with E-state index in [-0.39, 0.29) is 16.6 Å². The Morgan fingerprint density at radius 1 is 1.21 bits per heavy atom. The predicted octanol–water partition coefficient (Wildman–Crippen LogP) is 4.95. The number of hydrogen-bond acceptors (Lipinski definition) is 3. The van der Waals surface area contributed by atoms with E-state index >= 15 is 0 Å². The van der Waals surface area contributed by atoms with E-state index in [1.165, 1.54) is 4.90 Å². The molecule has 2 aromatic carbocycles. The van der Waals surface area contributed by atoms with Gasteiger partial charge in [0.05, 0.1) is 32.7 Å². The van der Waals surface area contributed by atoms with Crippen LogP contribution in [0.2, 0.25) is 10.0 Å². The summed E-state index contributed by atoms with van der Waals surface area (Å²) in [5.74, 6) is 0.515. The van der Waals surface area contributed by atoms with Crippen molar-refractivity contribution in [2.75, 3.05) is 12.4 Å². The Balaban J connectivity index is 1.94. The summed E-state index contributed by atoms with van der Waals surface area (Å²) in [7, 11) is 1.64. The third-order valence-electron chi connectivity index (χ3n) is 4.68. The topological polar surface area (TPSA) is 67.2 Å². The third kappa shape index (κ3) is 3.70. The molecule has 2 amide bonds. The van der Waals surface area contributed by atoms with Crippen molar-refractivity contribution in [3.05, 3.63) is 68.7 Å². The molecule has 0 saturated carbocycles. The number of hydrogen-bond donors (Lipinski definition) is 1. The number of fused-ring (bicyclic) bond motifs is 1. The molecule has 6 nitrogen and oxygen atoms in total. The smallest absolute Gasteiger partial charge is 0.318 e. The Morgan fingerprint density at radius 3 is 2.64 bits per heavy atom. The summed E-state index contributed by atoms with van der Waals surface area (Å²) in [5, 5.41) is 3.92. The molecule has 1 heterocycles. The lowest BCUT2D eigenvalue weighted by Crippen LogP contribution is -2.37. The van der Waals surface area contributed by atoms with Gasteiger partial charge >= 0.3 is 6.03 Å². The lowest BCUT2D eigenvalue weighted by molar-refractivity contribution is 0.204. The average Bonchev–Trinajstić information content (AvgIpc) is 2.70. The maximum Gasteiger partial charge on any atom is 0.322 e. The molecule has 3 aromatic rings. The second-order valence-electron chi connectivity index (χ2n) is 6.35. The zero-order valence-corrected chi connectivity index (χ0v) is 17.3. The Bertz CT molecular complexity index is 1100. The molecule has 146 valence electrons. The van der Waals surface area contributed by atoms with E-state index < -0.39 is 6.04 Å². The number of rotatable bonds is 4. The lowest BCUT2D eigenvalue weighted by Gasteiger charge is -2.27. The molecule has 0 aliphatic heterocycles. The highest BCUT2D eigenvalue weighted by molar-refractivity contribution is 6.43. The van der Waals surface area contributed by atoms with Gasteiger partial charge in [0.1, 0.15) is 5.82 Å². The van der Waals surface area contributed by atoms with Crippen molar-refractivity contribution in [3.8, 4) is 0 Å². The molecule has 28 heavy (non-hydrogen) atoms. The van der Waals surface area contributed by atoms with Gasteiger partial charge in [-0.25, -0.2) is 9.78 Å². The number of anilines is 1. The predicted molar refractivity (Wildman–Crippen MR) is 113 cm³/mol. The minimum Gasteiger partial charge on any atom is -0.318 e. The van der Waals surface area contributed by atoms with Crippen molar-refractivity contribution in [2.24, 2.45) is 0 Å². The zero-order chi connectivity index (χ0) is 20.4. The van der Waals surface area contributed by atoms with E-state index in [2.05, 4.69) is 10.3 Å². The molecular formula is C20H20Cl2N4O2. The van der Waals surface area contributed by atoms with Crippen molar-refractivity contribution >= 4 is 45.8 Å². The van der Waals surface area contributed by atoms with Gasteiger partial charge in [-0.3, -0.25) is 9.36 Å². The monoisotopic (exact) mass is 418 g/mol. The van der Waals surface area contributed by atoms with E-state index in [0.717, 1.165) is 0 Å². The van der Waals surface area contributed by atoms with Crippen LogP contribution in [0.1, 0.15) is 25.7 Å². The first-order valence-corrected chi connectivity index (χ1v) is 9.58. The number of carbonyl (C=O) groups excluding carboxylic acids is 1. The summed E-state index contributed by atoms with van der Waals surface area (Å²) in [4.78, 5) is 31.7. The summed E-state index contributed by atoms with van der Waals surface area (Å²) in [6.45, 7) is 4.15. The van der Waals surface area contributed by atoms with Crippen LogP contribution < -0.4 is 10.9 Å². The van der Waals surface area contributed by atoms with Gasteiger partial charge in [0.15, 0.2) is 0 Å². The minimum absolute atomic E-state index is 0.123. The lowest BCUT2D eigenvalue weighted by atomic mass is 10.2. The fraction of sp³-hybridized carbons (Fsp3) is 0.250. The molecule has 0 saturated heterocycles. The van der Waals surface area contributed by atoms with Crippen LogP contribution in [0.5, 0.6) is 0 Å².